The van der Waals surface area contributed by atoms with E-state index in [1.54, 1.807) is 25.3 Å². The fraction of sp³-hybridized carbons (Fsp3) is 0.185. The van der Waals surface area contributed by atoms with Crippen LogP contribution in [0.4, 0.5) is 11.4 Å². The summed E-state index contributed by atoms with van der Waals surface area (Å²) < 4.78 is 10.7. The van der Waals surface area contributed by atoms with E-state index < -0.39 is 11.8 Å². The molecule has 6 nitrogen and oxygen atoms in total. The van der Waals surface area contributed by atoms with Gasteiger partial charge in [0.05, 0.1) is 25.5 Å². The summed E-state index contributed by atoms with van der Waals surface area (Å²) in [5.41, 5.74) is 5.43. The van der Waals surface area contributed by atoms with Gasteiger partial charge in [-0.25, -0.2) is 4.90 Å². The molecule has 0 saturated heterocycles. The van der Waals surface area contributed by atoms with Crippen LogP contribution in [0.1, 0.15) is 22.3 Å². The van der Waals surface area contributed by atoms with E-state index in [1.165, 1.54) is 7.11 Å². The molecular formula is C27H26N2O4. The zero-order valence-electron chi connectivity index (χ0n) is 19.4. The van der Waals surface area contributed by atoms with Crippen LogP contribution in [0.25, 0.3) is 5.57 Å². The van der Waals surface area contributed by atoms with E-state index in [0.717, 1.165) is 27.3 Å². The Kier molecular flexibility index (Phi) is 5.92. The van der Waals surface area contributed by atoms with Gasteiger partial charge in [-0.05, 0) is 55.7 Å². The lowest BCUT2D eigenvalue weighted by Gasteiger charge is -2.19. The Hall–Kier alpha value is -4.06. The summed E-state index contributed by atoms with van der Waals surface area (Å²) in [7, 11) is 3.04. The van der Waals surface area contributed by atoms with Gasteiger partial charge in [0.15, 0.2) is 0 Å². The van der Waals surface area contributed by atoms with Crippen LogP contribution in [0, 0.1) is 20.8 Å². The minimum Gasteiger partial charge on any atom is -0.497 e. The van der Waals surface area contributed by atoms with E-state index >= 15 is 0 Å². The molecule has 168 valence electrons. The zero-order chi connectivity index (χ0) is 23.7. The number of nitrogens with zero attached hydrogens (tertiary/aromatic N) is 1. The summed E-state index contributed by atoms with van der Waals surface area (Å²) >= 11 is 0. The summed E-state index contributed by atoms with van der Waals surface area (Å²) in [6, 6.07) is 18.5. The molecule has 0 spiro atoms. The minimum atomic E-state index is -0.444. The number of hydrogen-bond donors (Lipinski definition) is 1. The predicted octanol–water partition coefficient (Wildman–Crippen LogP) is 5.03. The SMILES string of the molecule is COc1ccc(N2C(=O)C(Nc3cc(C)ccc3C)=C(c3ccc(C)cc3)C2=O)c(OC)c1. The van der Waals surface area contributed by atoms with Gasteiger partial charge in [-0.1, -0.05) is 42.0 Å². The zero-order valence-corrected chi connectivity index (χ0v) is 19.4. The highest BCUT2D eigenvalue weighted by Gasteiger charge is 2.41. The van der Waals surface area contributed by atoms with Crippen molar-refractivity contribution in [3.63, 3.8) is 0 Å². The number of methoxy groups -OCH3 is 2. The standard InChI is InChI=1S/C27H26N2O4/c1-16-7-10-19(11-8-16)24-25(28-21-14-17(2)6-9-18(21)3)27(31)29(26(24)30)22-13-12-20(32-4)15-23(22)33-5/h6-15,28H,1-5H3. The maximum atomic E-state index is 13.7. The molecule has 0 bridgehead atoms. The fourth-order valence-electron chi connectivity index (χ4n) is 3.83. The molecule has 1 N–H and O–H groups in total. The van der Waals surface area contributed by atoms with Crippen LogP contribution in [-0.4, -0.2) is 26.0 Å². The van der Waals surface area contributed by atoms with Gasteiger partial charge in [-0.15, -0.1) is 0 Å². The number of ether oxygens (including phenoxy) is 2. The molecule has 2 amide bonds. The van der Waals surface area contributed by atoms with Gasteiger partial charge < -0.3 is 14.8 Å². The average Bonchev–Trinajstić information content (AvgIpc) is 3.05. The number of carbonyl (C=O) groups is 2. The van der Waals surface area contributed by atoms with Crippen LogP contribution >= 0.6 is 0 Å². The molecule has 0 unspecified atom stereocenters. The Balaban J connectivity index is 1.86. The summed E-state index contributed by atoms with van der Waals surface area (Å²) in [6.45, 7) is 5.92. The fourth-order valence-corrected chi connectivity index (χ4v) is 3.83. The average molecular weight is 443 g/mol. The predicted molar refractivity (Wildman–Crippen MR) is 130 cm³/mol. The van der Waals surface area contributed by atoms with E-state index in [-0.39, 0.29) is 5.70 Å². The van der Waals surface area contributed by atoms with Crippen LogP contribution < -0.4 is 19.7 Å². The second-order valence-corrected chi connectivity index (χ2v) is 8.04. The van der Waals surface area contributed by atoms with Crippen molar-refractivity contribution in [2.75, 3.05) is 24.4 Å². The number of aryl methyl sites for hydroxylation is 3. The Morgan fingerprint density at radius 1 is 0.758 bits per heavy atom. The third kappa shape index (κ3) is 4.07. The maximum absolute atomic E-state index is 13.7. The van der Waals surface area contributed by atoms with Crippen molar-refractivity contribution < 1.29 is 19.1 Å². The molecule has 0 fully saturated rings. The van der Waals surface area contributed by atoms with Crippen molar-refractivity contribution in [2.24, 2.45) is 0 Å². The van der Waals surface area contributed by atoms with Gasteiger partial charge in [-0.3, -0.25) is 9.59 Å². The number of anilines is 2. The maximum Gasteiger partial charge on any atom is 0.282 e. The highest BCUT2D eigenvalue weighted by Crippen LogP contribution is 2.39. The molecule has 1 aliphatic rings. The summed E-state index contributed by atoms with van der Waals surface area (Å²) in [4.78, 5) is 28.5. The van der Waals surface area contributed by atoms with Gasteiger partial charge in [0.1, 0.15) is 17.2 Å². The lowest BCUT2D eigenvalue weighted by molar-refractivity contribution is -0.120. The Labute approximate surface area is 193 Å². The van der Waals surface area contributed by atoms with E-state index in [1.807, 2.05) is 63.2 Å². The van der Waals surface area contributed by atoms with Gasteiger partial charge in [-0.2, -0.15) is 0 Å². The Bertz CT molecular complexity index is 1280. The highest BCUT2D eigenvalue weighted by molar-refractivity contribution is 6.46. The smallest absolute Gasteiger partial charge is 0.282 e. The molecule has 0 aromatic heterocycles. The summed E-state index contributed by atoms with van der Waals surface area (Å²) in [5, 5.41) is 3.26. The van der Waals surface area contributed by atoms with Crippen molar-refractivity contribution >= 4 is 28.8 Å². The highest BCUT2D eigenvalue weighted by atomic mass is 16.5. The molecule has 1 aliphatic heterocycles. The van der Waals surface area contributed by atoms with Gasteiger partial charge in [0, 0.05) is 11.8 Å². The molecule has 0 radical (unpaired) electrons. The minimum absolute atomic E-state index is 0.232. The van der Waals surface area contributed by atoms with Crippen LogP contribution in [0.15, 0.2) is 66.4 Å². The molecular weight excluding hydrogens is 416 g/mol. The van der Waals surface area contributed by atoms with Gasteiger partial charge in [0.25, 0.3) is 11.8 Å². The monoisotopic (exact) mass is 442 g/mol. The largest absolute Gasteiger partial charge is 0.497 e. The second-order valence-electron chi connectivity index (χ2n) is 8.04. The van der Waals surface area contributed by atoms with Crippen LogP contribution in [0.2, 0.25) is 0 Å². The molecule has 6 heteroatoms. The Morgan fingerprint density at radius 3 is 2.12 bits per heavy atom. The normalized spacial score (nSPS) is 13.5. The topological polar surface area (TPSA) is 67.9 Å². The molecule has 0 aliphatic carbocycles. The summed E-state index contributed by atoms with van der Waals surface area (Å²) in [5.74, 6) is 0.0718. The number of hydrogen-bond acceptors (Lipinski definition) is 5. The number of rotatable bonds is 6. The van der Waals surface area contributed by atoms with Crippen LogP contribution in [-0.2, 0) is 9.59 Å². The number of imide groups is 1. The van der Waals surface area contributed by atoms with Crippen LogP contribution in [0.5, 0.6) is 11.5 Å². The lowest BCUT2D eigenvalue weighted by atomic mass is 10.0. The van der Waals surface area contributed by atoms with E-state index in [0.29, 0.717) is 28.3 Å². The first-order chi connectivity index (χ1) is 15.8. The molecule has 0 atom stereocenters. The van der Waals surface area contributed by atoms with E-state index in [4.69, 9.17) is 9.47 Å². The first-order valence-corrected chi connectivity index (χ1v) is 10.6. The second kappa shape index (κ2) is 8.82. The van der Waals surface area contributed by atoms with Crippen molar-refractivity contribution in [3.8, 4) is 11.5 Å². The van der Waals surface area contributed by atoms with Crippen LogP contribution in [0.3, 0.4) is 0 Å². The summed E-state index contributed by atoms with van der Waals surface area (Å²) in [6.07, 6.45) is 0. The lowest BCUT2D eigenvalue weighted by Crippen LogP contribution is -2.32. The first kappa shape index (κ1) is 22.1. The van der Waals surface area contributed by atoms with E-state index in [2.05, 4.69) is 5.32 Å². The molecule has 0 saturated carbocycles. The van der Waals surface area contributed by atoms with Crippen molar-refractivity contribution in [2.45, 2.75) is 20.8 Å². The third-order valence-electron chi connectivity index (χ3n) is 5.70. The van der Waals surface area contributed by atoms with Crippen molar-refractivity contribution in [1.29, 1.82) is 0 Å². The van der Waals surface area contributed by atoms with E-state index in [9.17, 15) is 9.59 Å². The first-order valence-electron chi connectivity index (χ1n) is 10.6. The molecule has 1 heterocycles. The number of nitrogens with one attached hydrogen (secondary N) is 1. The number of carbonyl (C=O) groups excluding carboxylic acids is 2. The van der Waals surface area contributed by atoms with Crippen molar-refractivity contribution in [3.05, 3.63) is 88.6 Å². The molecule has 33 heavy (non-hydrogen) atoms. The molecule has 4 rings (SSSR count). The molecule has 3 aromatic rings. The van der Waals surface area contributed by atoms with Gasteiger partial charge >= 0.3 is 0 Å². The van der Waals surface area contributed by atoms with Gasteiger partial charge in [0.2, 0.25) is 0 Å². The quantitative estimate of drug-likeness (QED) is 0.543. The number of amides is 2. The molecule has 3 aromatic carbocycles. The Morgan fingerprint density at radius 2 is 1.45 bits per heavy atom. The van der Waals surface area contributed by atoms with Crippen molar-refractivity contribution in [1.82, 2.24) is 0 Å². The third-order valence-corrected chi connectivity index (χ3v) is 5.70. The number of benzene rings is 3.